The van der Waals surface area contributed by atoms with Gasteiger partial charge >= 0.3 is 0 Å². The van der Waals surface area contributed by atoms with Crippen LogP contribution in [0.3, 0.4) is 0 Å². The fraction of sp³-hybridized carbons (Fsp3) is 0.400. The van der Waals surface area contributed by atoms with E-state index in [1.165, 1.54) is 6.26 Å². The maximum atomic E-state index is 11.4. The summed E-state index contributed by atoms with van der Waals surface area (Å²) < 4.78 is 28.0. The van der Waals surface area contributed by atoms with Crippen LogP contribution in [0.4, 0.5) is 0 Å². The van der Waals surface area contributed by atoms with Crippen LogP contribution in [0.2, 0.25) is 0 Å². The third-order valence-corrected chi connectivity index (χ3v) is 6.15. The Balaban J connectivity index is 1.65. The Hall–Kier alpha value is -1.44. The van der Waals surface area contributed by atoms with Crippen molar-refractivity contribution in [1.82, 2.24) is 9.88 Å². The molecule has 22 heavy (non-hydrogen) atoms. The molecule has 1 aromatic carbocycles. The first kappa shape index (κ1) is 15.5. The molecule has 0 radical (unpaired) electrons. The molecule has 1 aliphatic heterocycles. The molecule has 0 unspecified atom stereocenters. The predicted octanol–water partition coefficient (Wildman–Crippen LogP) is 2.05. The number of sulfone groups is 1. The minimum absolute atomic E-state index is 0.217. The minimum atomic E-state index is -2.91. The molecule has 2 heterocycles. The van der Waals surface area contributed by atoms with E-state index in [0.29, 0.717) is 19.6 Å². The average Bonchev–Trinajstić information content (AvgIpc) is 2.90. The molecule has 118 valence electrons. The number of benzene rings is 1. The molecule has 0 aliphatic carbocycles. The normalized spacial score (nSPS) is 16.5. The van der Waals surface area contributed by atoms with E-state index in [-0.39, 0.29) is 5.25 Å². The van der Waals surface area contributed by atoms with Gasteiger partial charge in [-0.05, 0) is 12.1 Å². The lowest BCUT2D eigenvalue weighted by atomic mass is 10.1. The van der Waals surface area contributed by atoms with Gasteiger partial charge in [-0.1, -0.05) is 12.1 Å². The third kappa shape index (κ3) is 3.31. The number of rotatable bonds is 5. The zero-order valence-corrected chi connectivity index (χ0v) is 14.2. The van der Waals surface area contributed by atoms with E-state index in [9.17, 15) is 8.42 Å². The highest BCUT2D eigenvalue weighted by atomic mass is 32.2. The van der Waals surface area contributed by atoms with Crippen LogP contribution >= 0.6 is 11.3 Å². The van der Waals surface area contributed by atoms with Crippen LogP contribution in [0.5, 0.6) is 5.75 Å². The Morgan fingerprint density at radius 3 is 2.86 bits per heavy atom. The van der Waals surface area contributed by atoms with Gasteiger partial charge in [-0.2, -0.15) is 0 Å². The van der Waals surface area contributed by atoms with E-state index < -0.39 is 9.84 Å². The van der Waals surface area contributed by atoms with E-state index in [2.05, 4.69) is 9.88 Å². The maximum Gasteiger partial charge on any atom is 0.152 e. The van der Waals surface area contributed by atoms with E-state index in [4.69, 9.17) is 4.74 Å². The highest BCUT2D eigenvalue weighted by molar-refractivity contribution is 7.91. The molecule has 1 fully saturated rings. The highest BCUT2D eigenvalue weighted by Crippen LogP contribution is 2.27. The first-order chi connectivity index (χ1) is 10.5. The lowest BCUT2D eigenvalue weighted by Crippen LogP contribution is -2.53. The Morgan fingerprint density at radius 2 is 2.18 bits per heavy atom. The van der Waals surface area contributed by atoms with Gasteiger partial charge in [0.2, 0.25) is 0 Å². The monoisotopic (exact) mass is 338 g/mol. The van der Waals surface area contributed by atoms with Crippen molar-refractivity contribution in [3.63, 3.8) is 0 Å². The molecule has 0 atom stereocenters. The molecule has 0 N–H and O–H groups in total. The largest absolute Gasteiger partial charge is 0.497 e. The topological polar surface area (TPSA) is 59.5 Å². The summed E-state index contributed by atoms with van der Waals surface area (Å²) in [6.45, 7) is 1.92. The van der Waals surface area contributed by atoms with Gasteiger partial charge in [-0.3, -0.25) is 4.90 Å². The zero-order valence-electron chi connectivity index (χ0n) is 12.5. The first-order valence-electron chi connectivity index (χ1n) is 6.96. The first-order valence-corrected chi connectivity index (χ1v) is 9.79. The molecule has 7 heteroatoms. The fourth-order valence-corrected chi connectivity index (χ4v) is 4.22. The van der Waals surface area contributed by atoms with Gasteiger partial charge in [0.05, 0.1) is 24.6 Å². The van der Waals surface area contributed by atoms with E-state index in [0.717, 1.165) is 22.0 Å². The summed E-state index contributed by atoms with van der Waals surface area (Å²) in [4.78, 5) is 6.75. The summed E-state index contributed by atoms with van der Waals surface area (Å²) in [6.07, 6.45) is 1.30. The van der Waals surface area contributed by atoms with Crippen LogP contribution in [0.25, 0.3) is 11.3 Å². The summed E-state index contributed by atoms with van der Waals surface area (Å²) in [5.41, 5.74) is 1.96. The summed E-state index contributed by atoms with van der Waals surface area (Å²) >= 11 is 1.60. The molecule has 1 aromatic heterocycles. The van der Waals surface area contributed by atoms with Gasteiger partial charge in [0, 0.05) is 30.3 Å². The van der Waals surface area contributed by atoms with Gasteiger partial charge in [0.15, 0.2) is 9.84 Å². The van der Waals surface area contributed by atoms with Crippen molar-refractivity contribution in [2.24, 2.45) is 0 Å². The molecule has 0 bridgehead atoms. The van der Waals surface area contributed by atoms with Crippen molar-refractivity contribution in [3.05, 3.63) is 34.7 Å². The van der Waals surface area contributed by atoms with E-state index >= 15 is 0 Å². The fourth-order valence-electron chi connectivity index (χ4n) is 2.41. The van der Waals surface area contributed by atoms with Crippen LogP contribution in [0, 0.1) is 0 Å². The molecule has 1 aliphatic rings. The van der Waals surface area contributed by atoms with E-state index in [1.807, 2.05) is 29.6 Å². The average molecular weight is 338 g/mol. The molecule has 5 nitrogen and oxygen atoms in total. The maximum absolute atomic E-state index is 11.4. The number of ether oxygens (including phenoxy) is 1. The number of methoxy groups -OCH3 is 1. The molecular formula is C15H18N2O3S2. The molecule has 2 aromatic rings. The second kappa shape index (κ2) is 5.98. The number of aromatic nitrogens is 1. The molecule has 0 spiro atoms. The summed E-state index contributed by atoms with van der Waals surface area (Å²) in [6, 6.07) is 7.81. The summed E-state index contributed by atoms with van der Waals surface area (Å²) in [7, 11) is -1.26. The minimum Gasteiger partial charge on any atom is -0.497 e. The molecule has 0 amide bonds. The van der Waals surface area contributed by atoms with Crippen LogP contribution < -0.4 is 4.74 Å². The van der Waals surface area contributed by atoms with Gasteiger partial charge < -0.3 is 4.74 Å². The SMILES string of the molecule is COc1cccc(-c2csc(CN3CC(S(C)(=O)=O)C3)n2)c1. The van der Waals surface area contributed by atoms with Gasteiger partial charge in [-0.25, -0.2) is 13.4 Å². The molecule has 3 rings (SSSR count). The van der Waals surface area contributed by atoms with Gasteiger partial charge in [-0.15, -0.1) is 11.3 Å². The predicted molar refractivity (Wildman–Crippen MR) is 88.0 cm³/mol. The number of hydrogen-bond donors (Lipinski definition) is 0. The number of nitrogens with zero attached hydrogens (tertiary/aromatic N) is 2. The summed E-state index contributed by atoms with van der Waals surface area (Å²) in [5, 5.41) is 2.81. The van der Waals surface area contributed by atoms with Crippen molar-refractivity contribution >= 4 is 21.2 Å². The molecule has 0 saturated carbocycles. The van der Waals surface area contributed by atoms with Crippen molar-refractivity contribution in [2.75, 3.05) is 26.5 Å². The van der Waals surface area contributed by atoms with Crippen LogP contribution in [-0.4, -0.2) is 50.0 Å². The quantitative estimate of drug-likeness (QED) is 0.835. The van der Waals surface area contributed by atoms with E-state index in [1.54, 1.807) is 18.4 Å². The third-order valence-electron chi connectivity index (χ3n) is 3.81. The smallest absolute Gasteiger partial charge is 0.152 e. The second-order valence-corrected chi connectivity index (χ2v) is 8.77. The lowest BCUT2D eigenvalue weighted by Gasteiger charge is -2.37. The molecular weight excluding hydrogens is 320 g/mol. The van der Waals surface area contributed by atoms with Crippen LogP contribution in [-0.2, 0) is 16.4 Å². The number of thiazole rings is 1. The van der Waals surface area contributed by atoms with Gasteiger partial charge in [0.1, 0.15) is 10.8 Å². The molecule has 1 saturated heterocycles. The van der Waals surface area contributed by atoms with Crippen LogP contribution in [0.1, 0.15) is 5.01 Å². The van der Waals surface area contributed by atoms with Gasteiger partial charge in [0.25, 0.3) is 0 Å². The van der Waals surface area contributed by atoms with Crippen LogP contribution in [0.15, 0.2) is 29.6 Å². The Morgan fingerprint density at radius 1 is 1.41 bits per heavy atom. The van der Waals surface area contributed by atoms with Crippen molar-refractivity contribution in [3.8, 4) is 17.0 Å². The van der Waals surface area contributed by atoms with Crippen molar-refractivity contribution in [2.45, 2.75) is 11.8 Å². The lowest BCUT2D eigenvalue weighted by molar-refractivity contribution is 0.176. The Labute approximate surface area is 134 Å². The second-order valence-electron chi connectivity index (χ2n) is 5.50. The summed E-state index contributed by atoms with van der Waals surface area (Å²) in [5.74, 6) is 0.811. The Bertz CT molecular complexity index is 765. The zero-order chi connectivity index (χ0) is 15.7. The number of likely N-dealkylation sites (tertiary alicyclic amines) is 1. The number of hydrogen-bond acceptors (Lipinski definition) is 6. The van der Waals surface area contributed by atoms with Crippen molar-refractivity contribution < 1.29 is 13.2 Å². The van der Waals surface area contributed by atoms with Crippen molar-refractivity contribution in [1.29, 1.82) is 0 Å². The highest BCUT2D eigenvalue weighted by Gasteiger charge is 2.34. The standard InChI is InChI=1S/C15H18N2O3S2/c1-20-12-5-3-4-11(6-12)14-10-21-15(16-14)9-17-7-13(8-17)22(2,18)19/h3-6,10,13H,7-9H2,1-2H3. The Kier molecular flexibility index (Phi) is 4.20.